The van der Waals surface area contributed by atoms with Gasteiger partial charge in [0.1, 0.15) is 13.2 Å². The van der Waals surface area contributed by atoms with E-state index in [1.54, 1.807) is 0 Å². The molecular formula is C52H92O6. The second-order valence-corrected chi connectivity index (χ2v) is 16.5. The molecule has 6 heteroatoms. The van der Waals surface area contributed by atoms with Crippen molar-refractivity contribution in [3.05, 3.63) is 48.6 Å². The summed E-state index contributed by atoms with van der Waals surface area (Å²) >= 11 is 0. The van der Waals surface area contributed by atoms with Crippen LogP contribution in [0, 0.1) is 0 Å². The second-order valence-electron chi connectivity index (χ2n) is 16.5. The predicted octanol–water partition coefficient (Wildman–Crippen LogP) is 15.9. The summed E-state index contributed by atoms with van der Waals surface area (Å²) in [5.74, 6) is -0.895. The van der Waals surface area contributed by atoms with Crippen molar-refractivity contribution in [2.45, 2.75) is 252 Å². The minimum absolute atomic E-state index is 0.0775. The fourth-order valence-electron chi connectivity index (χ4n) is 6.98. The standard InChI is InChI=1S/C52H92O6/c1-4-7-10-13-16-19-22-24-26-28-30-33-36-39-42-45-51(54)57-48-49(47-56-50(53)44-41-38-35-32-29-21-18-15-12-9-6-3)58-52(55)46-43-40-37-34-31-27-25-23-20-17-14-11-8-5-2/h7,10,13,16,19,22,24,26,49H,4-6,8-9,11-12,14-15,17-18,20-21,23,25,27-48H2,1-3H3/b10-7-,16-13-,22-19-,26-24-. The first-order valence-corrected chi connectivity index (χ1v) is 24.7. The third kappa shape index (κ3) is 44.5. The summed E-state index contributed by atoms with van der Waals surface area (Å²) in [7, 11) is 0. The van der Waals surface area contributed by atoms with E-state index in [9.17, 15) is 14.4 Å². The van der Waals surface area contributed by atoms with Gasteiger partial charge in [0.05, 0.1) is 0 Å². The Labute approximate surface area is 358 Å². The molecule has 0 aromatic rings. The molecule has 1 unspecified atom stereocenters. The van der Waals surface area contributed by atoms with Crippen LogP contribution in [0.15, 0.2) is 48.6 Å². The Morgan fingerprint density at radius 2 is 0.672 bits per heavy atom. The van der Waals surface area contributed by atoms with Crippen LogP contribution in [0.4, 0.5) is 0 Å². The summed E-state index contributed by atoms with van der Waals surface area (Å²) in [4.78, 5) is 37.9. The Hall–Kier alpha value is -2.63. The fourth-order valence-corrected chi connectivity index (χ4v) is 6.98. The van der Waals surface area contributed by atoms with E-state index in [4.69, 9.17) is 14.2 Å². The lowest BCUT2D eigenvalue weighted by atomic mass is 10.0. The number of carbonyl (C=O) groups is 3. The van der Waals surface area contributed by atoms with Crippen LogP contribution in [0.3, 0.4) is 0 Å². The van der Waals surface area contributed by atoms with Crippen LogP contribution in [-0.2, 0) is 28.6 Å². The molecule has 0 aromatic carbocycles. The van der Waals surface area contributed by atoms with E-state index in [0.29, 0.717) is 19.3 Å². The van der Waals surface area contributed by atoms with Gasteiger partial charge in [0.15, 0.2) is 6.10 Å². The molecule has 0 aromatic heterocycles. The quantitative estimate of drug-likeness (QED) is 0.0264. The smallest absolute Gasteiger partial charge is 0.306 e. The van der Waals surface area contributed by atoms with E-state index in [0.717, 1.165) is 83.5 Å². The minimum Gasteiger partial charge on any atom is -0.462 e. The minimum atomic E-state index is -0.777. The van der Waals surface area contributed by atoms with Crippen LogP contribution in [-0.4, -0.2) is 37.2 Å². The molecule has 0 saturated heterocycles. The molecule has 0 fully saturated rings. The highest BCUT2D eigenvalue weighted by atomic mass is 16.6. The SMILES string of the molecule is CC\C=C/C=C\C=C/C=C\CCCCCCCC(=O)OCC(COC(=O)CCCCCCCCCCCCC)OC(=O)CCCCCCCCCCCCCCCC. The Bertz CT molecular complexity index is 1030. The topological polar surface area (TPSA) is 78.9 Å². The van der Waals surface area contributed by atoms with Crippen molar-refractivity contribution >= 4 is 17.9 Å². The summed E-state index contributed by atoms with van der Waals surface area (Å²) in [6, 6.07) is 0. The van der Waals surface area contributed by atoms with Crippen LogP contribution in [0.2, 0.25) is 0 Å². The first-order chi connectivity index (χ1) is 28.5. The lowest BCUT2D eigenvalue weighted by molar-refractivity contribution is -0.167. The average Bonchev–Trinajstić information content (AvgIpc) is 3.22. The second kappa shape index (κ2) is 47.1. The van der Waals surface area contributed by atoms with Crippen LogP contribution >= 0.6 is 0 Å². The van der Waals surface area contributed by atoms with Crippen molar-refractivity contribution in [2.24, 2.45) is 0 Å². The van der Waals surface area contributed by atoms with E-state index < -0.39 is 6.10 Å². The number of rotatable bonds is 44. The van der Waals surface area contributed by atoms with E-state index in [-0.39, 0.29) is 31.1 Å². The molecule has 6 nitrogen and oxygen atoms in total. The summed E-state index contributed by atoms with van der Waals surface area (Å²) in [5.41, 5.74) is 0. The largest absolute Gasteiger partial charge is 0.462 e. The molecule has 0 rings (SSSR count). The number of hydrogen-bond donors (Lipinski definition) is 0. The third-order valence-electron chi connectivity index (χ3n) is 10.7. The molecule has 0 aliphatic carbocycles. The summed E-state index contributed by atoms with van der Waals surface area (Å²) < 4.78 is 16.7. The molecule has 58 heavy (non-hydrogen) atoms. The Balaban J connectivity index is 4.39. The normalized spacial score (nSPS) is 12.4. The highest BCUT2D eigenvalue weighted by Crippen LogP contribution is 2.15. The fraction of sp³-hybridized carbons (Fsp3) is 0.788. The average molecular weight is 813 g/mol. The number of esters is 3. The van der Waals surface area contributed by atoms with Crippen molar-refractivity contribution in [2.75, 3.05) is 13.2 Å². The predicted molar refractivity (Wildman–Crippen MR) is 247 cm³/mol. The van der Waals surface area contributed by atoms with Crippen molar-refractivity contribution in [3.8, 4) is 0 Å². The van der Waals surface area contributed by atoms with Gasteiger partial charge in [0.25, 0.3) is 0 Å². The highest BCUT2D eigenvalue weighted by molar-refractivity contribution is 5.71. The molecule has 0 saturated carbocycles. The van der Waals surface area contributed by atoms with Gasteiger partial charge in [-0.1, -0.05) is 236 Å². The lowest BCUT2D eigenvalue weighted by Crippen LogP contribution is -2.30. The van der Waals surface area contributed by atoms with Gasteiger partial charge in [0, 0.05) is 19.3 Å². The molecule has 336 valence electrons. The zero-order chi connectivity index (χ0) is 42.3. The molecule has 1 atom stereocenters. The number of hydrogen-bond acceptors (Lipinski definition) is 6. The van der Waals surface area contributed by atoms with Crippen LogP contribution < -0.4 is 0 Å². The first-order valence-electron chi connectivity index (χ1n) is 24.7. The van der Waals surface area contributed by atoms with Gasteiger partial charge in [0.2, 0.25) is 0 Å². The summed E-state index contributed by atoms with van der Waals surface area (Å²) in [6.45, 7) is 6.48. The Morgan fingerprint density at radius 1 is 0.362 bits per heavy atom. The number of ether oxygens (including phenoxy) is 3. The maximum absolute atomic E-state index is 12.8. The van der Waals surface area contributed by atoms with Gasteiger partial charge in [-0.15, -0.1) is 0 Å². The van der Waals surface area contributed by atoms with Crippen molar-refractivity contribution in [1.29, 1.82) is 0 Å². The van der Waals surface area contributed by atoms with Gasteiger partial charge in [-0.05, 0) is 38.5 Å². The molecular weight excluding hydrogens is 721 g/mol. The molecule has 0 amide bonds. The van der Waals surface area contributed by atoms with Gasteiger partial charge in [-0.3, -0.25) is 14.4 Å². The van der Waals surface area contributed by atoms with E-state index in [2.05, 4.69) is 51.2 Å². The van der Waals surface area contributed by atoms with Crippen LogP contribution in [0.5, 0.6) is 0 Å². The van der Waals surface area contributed by atoms with Crippen LogP contribution in [0.1, 0.15) is 245 Å². The van der Waals surface area contributed by atoms with Gasteiger partial charge >= 0.3 is 17.9 Å². The maximum Gasteiger partial charge on any atom is 0.306 e. The van der Waals surface area contributed by atoms with Crippen molar-refractivity contribution < 1.29 is 28.6 Å². The first kappa shape index (κ1) is 55.4. The molecule has 0 N–H and O–H groups in total. The van der Waals surface area contributed by atoms with Gasteiger partial charge < -0.3 is 14.2 Å². The van der Waals surface area contributed by atoms with Gasteiger partial charge in [-0.25, -0.2) is 0 Å². The molecule has 0 aliphatic heterocycles. The monoisotopic (exact) mass is 813 g/mol. The molecule has 0 spiro atoms. The van der Waals surface area contributed by atoms with Crippen molar-refractivity contribution in [3.63, 3.8) is 0 Å². The number of carbonyl (C=O) groups excluding carboxylic acids is 3. The Morgan fingerprint density at radius 3 is 1.05 bits per heavy atom. The number of allylic oxidation sites excluding steroid dienone is 8. The molecule has 0 aliphatic rings. The van der Waals surface area contributed by atoms with Crippen molar-refractivity contribution in [1.82, 2.24) is 0 Å². The molecule has 0 radical (unpaired) electrons. The molecule has 0 bridgehead atoms. The summed E-state index contributed by atoms with van der Waals surface area (Å²) in [5, 5.41) is 0. The third-order valence-corrected chi connectivity index (χ3v) is 10.7. The Kier molecular flexibility index (Phi) is 44.9. The highest BCUT2D eigenvalue weighted by Gasteiger charge is 2.19. The zero-order valence-electron chi connectivity index (χ0n) is 38.3. The van der Waals surface area contributed by atoms with E-state index in [1.807, 2.05) is 18.2 Å². The lowest BCUT2D eigenvalue weighted by Gasteiger charge is -2.18. The maximum atomic E-state index is 12.8. The van der Waals surface area contributed by atoms with Gasteiger partial charge in [-0.2, -0.15) is 0 Å². The number of unbranched alkanes of at least 4 members (excludes halogenated alkanes) is 28. The summed E-state index contributed by atoms with van der Waals surface area (Å²) in [6.07, 6.45) is 55.1. The van der Waals surface area contributed by atoms with Crippen LogP contribution in [0.25, 0.3) is 0 Å². The van der Waals surface area contributed by atoms with E-state index in [1.165, 1.54) is 122 Å². The van der Waals surface area contributed by atoms with E-state index >= 15 is 0 Å². The molecule has 0 heterocycles. The zero-order valence-corrected chi connectivity index (χ0v) is 38.3.